The van der Waals surface area contributed by atoms with Gasteiger partial charge in [0.2, 0.25) is 0 Å². The average molecular weight is 353 g/mol. The van der Waals surface area contributed by atoms with Gasteiger partial charge >= 0.3 is 0 Å². The first-order valence-corrected chi connectivity index (χ1v) is 9.44. The number of rotatable bonds is 8. The van der Waals surface area contributed by atoms with Crippen molar-refractivity contribution in [3.8, 4) is 11.3 Å². The van der Waals surface area contributed by atoms with E-state index in [0.29, 0.717) is 6.61 Å². The van der Waals surface area contributed by atoms with Gasteiger partial charge in [-0.25, -0.2) is 4.98 Å². The predicted molar refractivity (Wildman–Crippen MR) is 104 cm³/mol. The minimum Gasteiger partial charge on any atom is -0.377 e. The first kappa shape index (κ1) is 17.6. The fraction of sp³-hybridized carbons (Fsp3) is 0.300. The van der Waals surface area contributed by atoms with Crippen LogP contribution in [0, 0.1) is 6.92 Å². The van der Waals surface area contributed by atoms with Crippen LogP contribution in [0.2, 0.25) is 0 Å². The zero-order valence-electron chi connectivity index (χ0n) is 14.7. The van der Waals surface area contributed by atoms with Crippen LogP contribution < -0.4 is 5.32 Å². The molecule has 0 radical (unpaired) electrons. The molecular weight excluding hydrogens is 330 g/mol. The summed E-state index contributed by atoms with van der Waals surface area (Å²) in [5.41, 5.74) is 5.48. The largest absolute Gasteiger partial charge is 0.377 e. The highest BCUT2D eigenvalue weighted by atomic mass is 32.1. The van der Waals surface area contributed by atoms with Gasteiger partial charge in [0.15, 0.2) is 5.13 Å². The molecule has 2 heterocycles. The fourth-order valence-corrected chi connectivity index (χ4v) is 3.21. The minimum absolute atomic E-state index is 0.675. The van der Waals surface area contributed by atoms with E-state index in [0.717, 1.165) is 41.5 Å². The molecule has 0 saturated heterocycles. The lowest BCUT2D eigenvalue weighted by molar-refractivity contribution is 0.117. The summed E-state index contributed by atoms with van der Waals surface area (Å²) in [4.78, 5) is 8.78. The number of hydrogen-bond acceptors (Lipinski definition) is 5. The summed E-state index contributed by atoms with van der Waals surface area (Å²) in [5, 5.41) is 6.31. The summed E-state index contributed by atoms with van der Waals surface area (Å²) < 4.78 is 5.71. The number of nitrogens with zero attached hydrogens (tertiary/aromatic N) is 2. The van der Waals surface area contributed by atoms with E-state index in [1.807, 2.05) is 23.7 Å². The molecule has 0 unspecified atom stereocenters. The van der Waals surface area contributed by atoms with E-state index in [9.17, 15) is 0 Å². The Labute approximate surface area is 152 Å². The number of aromatic nitrogens is 2. The van der Waals surface area contributed by atoms with E-state index in [-0.39, 0.29) is 0 Å². The van der Waals surface area contributed by atoms with E-state index in [4.69, 9.17) is 4.74 Å². The molecule has 0 aliphatic carbocycles. The van der Waals surface area contributed by atoms with Crippen LogP contribution in [0.1, 0.15) is 30.9 Å². The van der Waals surface area contributed by atoms with Crippen LogP contribution in [0.5, 0.6) is 0 Å². The second-order valence-electron chi connectivity index (χ2n) is 5.95. The summed E-state index contributed by atoms with van der Waals surface area (Å²) in [5.74, 6) is 0. The number of pyridine rings is 1. The van der Waals surface area contributed by atoms with Crippen molar-refractivity contribution in [2.75, 3.05) is 11.9 Å². The predicted octanol–water partition coefficient (Wildman–Crippen LogP) is 5.57. The Morgan fingerprint density at radius 2 is 2.16 bits per heavy atom. The van der Waals surface area contributed by atoms with Gasteiger partial charge in [0.05, 0.1) is 12.3 Å². The Hall–Kier alpha value is -2.24. The van der Waals surface area contributed by atoms with Gasteiger partial charge in [-0.1, -0.05) is 19.4 Å². The molecule has 0 aliphatic heterocycles. The summed E-state index contributed by atoms with van der Waals surface area (Å²) in [6.07, 6.45) is 5.88. The van der Waals surface area contributed by atoms with E-state index in [2.05, 4.69) is 47.3 Å². The standard InChI is InChI=1S/C20H23N3OS/c1-3-4-10-24-13-17-7-8-18(11-15(17)2)22-20-23-19(14-25-20)16-6-5-9-21-12-16/h5-9,11-12,14H,3-4,10,13H2,1-2H3,(H,22,23). The highest BCUT2D eigenvalue weighted by Gasteiger charge is 2.06. The Bertz CT molecular complexity index is 802. The highest BCUT2D eigenvalue weighted by Crippen LogP contribution is 2.27. The first-order valence-electron chi connectivity index (χ1n) is 8.56. The number of nitrogens with one attached hydrogen (secondary N) is 1. The van der Waals surface area contributed by atoms with Crippen LogP contribution in [0.15, 0.2) is 48.1 Å². The van der Waals surface area contributed by atoms with Gasteiger partial charge < -0.3 is 10.1 Å². The summed E-state index contributed by atoms with van der Waals surface area (Å²) in [6.45, 7) is 5.79. The van der Waals surface area contributed by atoms with E-state index >= 15 is 0 Å². The molecule has 0 bridgehead atoms. The molecule has 0 spiro atoms. The van der Waals surface area contributed by atoms with Crippen LogP contribution in [0.25, 0.3) is 11.3 Å². The lowest BCUT2D eigenvalue weighted by Crippen LogP contribution is -1.98. The van der Waals surface area contributed by atoms with Crippen LogP contribution >= 0.6 is 11.3 Å². The van der Waals surface area contributed by atoms with Crippen molar-refractivity contribution in [2.45, 2.75) is 33.3 Å². The third-order valence-electron chi connectivity index (χ3n) is 3.96. The smallest absolute Gasteiger partial charge is 0.187 e. The molecule has 3 aromatic rings. The quantitative estimate of drug-likeness (QED) is 0.538. The molecule has 0 saturated carbocycles. The number of anilines is 2. The van der Waals surface area contributed by atoms with Crippen molar-refractivity contribution in [1.82, 2.24) is 9.97 Å². The molecule has 0 atom stereocenters. The molecule has 1 N–H and O–H groups in total. The molecule has 25 heavy (non-hydrogen) atoms. The maximum Gasteiger partial charge on any atom is 0.187 e. The molecule has 0 aliphatic rings. The Morgan fingerprint density at radius 3 is 2.92 bits per heavy atom. The zero-order valence-corrected chi connectivity index (χ0v) is 15.5. The lowest BCUT2D eigenvalue weighted by atomic mass is 10.1. The Balaban J connectivity index is 1.63. The maximum absolute atomic E-state index is 5.71. The van der Waals surface area contributed by atoms with Gasteiger partial charge in [0.1, 0.15) is 0 Å². The van der Waals surface area contributed by atoms with Gasteiger partial charge in [-0.3, -0.25) is 4.98 Å². The second kappa shape index (κ2) is 8.74. The van der Waals surface area contributed by atoms with Gasteiger partial charge in [0.25, 0.3) is 0 Å². The third-order valence-corrected chi connectivity index (χ3v) is 4.71. The summed E-state index contributed by atoms with van der Waals surface area (Å²) >= 11 is 1.59. The third kappa shape index (κ3) is 4.87. The molecule has 0 amide bonds. The number of unbranched alkanes of at least 4 members (excludes halogenated alkanes) is 1. The molecule has 4 nitrogen and oxygen atoms in total. The average Bonchev–Trinajstić information content (AvgIpc) is 3.09. The molecule has 1 aromatic carbocycles. The van der Waals surface area contributed by atoms with Crippen molar-refractivity contribution >= 4 is 22.2 Å². The zero-order chi connectivity index (χ0) is 17.5. The molecule has 2 aromatic heterocycles. The number of ether oxygens (including phenoxy) is 1. The monoisotopic (exact) mass is 353 g/mol. The van der Waals surface area contributed by atoms with Gasteiger partial charge in [0, 0.05) is 35.6 Å². The van der Waals surface area contributed by atoms with Crippen LogP contribution in [0.3, 0.4) is 0 Å². The molecule has 5 heteroatoms. The Kier molecular flexibility index (Phi) is 6.14. The molecular formula is C20H23N3OS. The van der Waals surface area contributed by atoms with Crippen molar-refractivity contribution in [1.29, 1.82) is 0 Å². The summed E-state index contributed by atoms with van der Waals surface area (Å²) in [7, 11) is 0. The van der Waals surface area contributed by atoms with Crippen LogP contribution in [0.4, 0.5) is 10.8 Å². The van der Waals surface area contributed by atoms with E-state index in [1.54, 1.807) is 17.5 Å². The number of benzene rings is 1. The van der Waals surface area contributed by atoms with Crippen LogP contribution in [-0.4, -0.2) is 16.6 Å². The minimum atomic E-state index is 0.675. The number of aryl methyl sites for hydroxylation is 1. The SMILES string of the molecule is CCCCOCc1ccc(Nc2nc(-c3cccnc3)cs2)cc1C. The van der Waals surface area contributed by atoms with Crippen molar-refractivity contribution in [2.24, 2.45) is 0 Å². The van der Waals surface area contributed by atoms with Gasteiger partial charge in [-0.15, -0.1) is 11.3 Å². The molecule has 0 fully saturated rings. The van der Waals surface area contributed by atoms with Crippen LogP contribution in [-0.2, 0) is 11.3 Å². The first-order chi connectivity index (χ1) is 12.3. The highest BCUT2D eigenvalue weighted by molar-refractivity contribution is 7.14. The fourth-order valence-electron chi connectivity index (χ4n) is 2.47. The Morgan fingerprint density at radius 1 is 1.24 bits per heavy atom. The van der Waals surface area contributed by atoms with Gasteiger partial charge in [-0.2, -0.15) is 0 Å². The topological polar surface area (TPSA) is 47.0 Å². The van der Waals surface area contributed by atoms with E-state index < -0.39 is 0 Å². The number of thiazole rings is 1. The lowest BCUT2D eigenvalue weighted by Gasteiger charge is -2.10. The normalized spacial score (nSPS) is 10.8. The van der Waals surface area contributed by atoms with Crippen molar-refractivity contribution in [3.63, 3.8) is 0 Å². The van der Waals surface area contributed by atoms with Crippen molar-refractivity contribution in [3.05, 3.63) is 59.2 Å². The summed E-state index contributed by atoms with van der Waals surface area (Å²) in [6, 6.07) is 10.3. The second-order valence-corrected chi connectivity index (χ2v) is 6.81. The van der Waals surface area contributed by atoms with E-state index in [1.165, 1.54) is 11.1 Å². The van der Waals surface area contributed by atoms with Crippen molar-refractivity contribution < 1.29 is 4.74 Å². The van der Waals surface area contributed by atoms with Gasteiger partial charge in [-0.05, 0) is 48.7 Å². The molecule has 130 valence electrons. The number of hydrogen-bond donors (Lipinski definition) is 1. The maximum atomic E-state index is 5.71. The molecule has 3 rings (SSSR count).